The van der Waals surface area contributed by atoms with Crippen LogP contribution in [0.25, 0.3) is 11.3 Å². The minimum Gasteiger partial charge on any atom is -0.306 e. The summed E-state index contributed by atoms with van der Waals surface area (Å²) in [6.07, 6.45) is 0. The molecule has 0 fully saturated rings. The van der Waals surface area contributed by atoms with Crippen LogP contribution in [0.2, 0.25) is 5.02 Å². The summed E-state index contributed by atoms with van der Waals surface area (Å²) >= 11 is 5.86. The van der Waals surface area contributed by atoms with Crippen LogP contribution in [0.15, 0.2) is 29.1 Å². The highest BCUT2D eigenvalue weighted by Crippen LogP contribution is 2.29. The molecule has 0 aliphatic carbocycles. The Morgan fingerprint density at radius 3 is 2.38 bits per heavy atom. The predicted octanol–water partition coefficient (Wildman–Crippen LogP) is 3.85. The number of aromatic nitrogens is 1. The van der Waals surface area contributed by atoms with Gasteiger partial charge in [0.1, 0.15) is 16.7 Å². The molecule has 1 N–H and O–H groups in total. The summed E-state index contributed by atoms with van der Waals surface area (Å²) in [6, 6.07) is 4.75. The van der Waals surface area contributed by atoms with Crippen LogP contribution in [0.3, 0.4) is 0 Å². The average Bonchev–Trinajstić information content (AvgIpc) is 2.42. The number of hydrogen-bond acceptors (Lipinski definition) is 2. The number of benzene rings is 1. The van der Waals surface area contributed by atoms with Crippen molar-refractivity contribution in [3.8, 4) is 11.3 Å². The van der Waals surface area contributed by atoms with Gasteiger partial charge in [-0.25, -0.2) is 8.78 Å². The fourth-order valence-electron chi connectivity index (χ4n) is 2.21. The number of pyridine rings is 1. The van der Waals surface area contributed by atoms with E-state index in [2.05, 4.69) is 0 Å². The van der Waals surface area contributed by atoms with Gasteiger partial charge in [0, 0.05) is 17.8 Å². The smallest absolute Gasteiger partial charge is 0.269 e. The van der Waals surface area contributed by atoms with Crippen molar-refractivity contribution < 1.29 is 8.78 Å². The normalized spacial score (nSPS) is 10.7. The first-order valence-corrected chi connectivity index (χ1v) is 6.69. The van der Waals surface area contributed by atoms with Crippen LogP contribution in [-0.4, -0.2) is 10.3 Å². The van der Waals surface area contributed by atoms with Crippen molar-refractivity contribution in [2.24, 2.45) is 0 Å². The number of halogens is 3. The van der Waals surface area contributed by atoms with Crippen LogP contribution in [0.1, 0.15) is 19.4 Å². The van der Waals surface area contributed by atoms with Crippen molar-refractivity contribution in [1.29, 1.82) is 5.41 Å². The maximum Gasteiger partial charge on any atom is 0.269 e. The molecular formula is C15H13ClF2N2O. The molecule has 0 saturated carbocycles. The van der Waals surface area contributed by atoms with Crippen LogP contribution in [0, 0.1) is 17.0 Å². The molecule has 6 heteroatoms. The zero-order valence-electron chi connectivity index (χ0n) is 11.5. The Hall–Kier alpha value is -2.01. The highest BCUT2D eigenvalue weighted by molar-refractivity contribution is 6.31. The van der Waals surface area contributed by atoms with E-state index in [1.165, 1.54) is 23.6 Å². The second-order valence-electron chi connectivity index (χ2n) is 4.53. The molecule has 0 saturated heterocycles. The molecule has 3 nitrogen and oxygen atoms in total. The van der Waals surface area contributed by atoms with E-state index in [0.717, 1.165) is 12.1 Å². The third-order valence-corrected chi connectivity index (χ3v) is 3.44. The van der Waals surface area contributed by atoms with Crippen LogP contribution in [0.5, 0.6) is 0 Å². The van der Waals surface area contributed by atoms with Gasteiger partial charge in [-0.3, -0.25) is 4.79 Å². The Morgan fingerprint density at radius 1 is 1.33 bits per heavy atom. The molecule has 0 bridgehead atoms. The predicted molar refractivity (Wildman–Crippen MR) is 79.2 cm³/mol. The van der Waals surface area contributed by atoms with Gasteiger partial charge in [0.2, 0.25) is 0 Å². The number of nitrogens with zero attached hydrogens (tertiary/aromatic N) is 1. The van der Waals surface area contributed by atoms with E-state index in [0.29, 0.717) is 0 Å². The molecule has 2 aromatic rings. The van der Waals surface area contributed by atoms with Crippen LogP contribution >= 0.6 is 11.6 Å². The molecule has 0 unspecified atom stereocenters. The maximum atomic E-state index is 14.1. The molecule has 0 atom stereocenters. The van der Waals surface area contributed by atoms with Gasteiger partial charge in [0.05, 0.1) is 11.3 Å². The highest BCUT2D eigenvalue weighted by atomic mass is 35.5. The number of nitrogens with one attached hydrogen (secondary N) is 1. The van der Waals surface area contributed by atoms with E-state index in [-0.39, 0.29) is 34.1 Å². The van der Waals surface area contributed by atoms with Gasteiger partial charge in [-0.2, -0.15) is 0 Å². The molecule has 0 radical (unpaired) electrons. The molecule has 0 aliphatic rings. The van der Waals surface area contributed by atoms with Gasteiger partial charge in [-0.05, 0) is 32.0 Å². The highest BCUT2D eigenvalue weighted by Gasteiger charge is 2.21. The van der Waals surface area contributed by atoms with Crippen molar-refractivity contribution in [2.45, 2.75) is 20.4 Å². The first-order chi connectivity index (χ1) is 9.88. The Kier molecular flexibility index (Phi) is 4.23. The molecule has 110 valence electrons. The van der Waals surface area contributed by atoms with Gasteiger partial charge in [0.15, 0.2) is 0 Å². The van der Waals surface area contributed by atoms with Crippen LogP contribution in [0.4, 0.5) is 8.78 Å². The third-order valence-electron chi connectivity index (χ3n) is 3.17. The summed E-state index contributed by atoms with van der Waals surface area (Å²) in [4.78, 5) is 12.1. The average molecular weight is 311 g/mol. The molecular weight excluding hydrogens is 298 g/mol. The fourth-order valence-corrected chi connectivity index (χ4v) is 2.43. The van der Waals surface area contributed by atoms with E-state index in [1.807, 2.05) is 0 Å². The minimum atomic E-state index is -0.790. The number of hydrogen-bond donors (Lipinski definition) is 1. The fraction of sp³-hybridized carbons (Fsp3) is 0.200. The summed E-state index contributed by atoms with van der Waals surface area (Å²) in [7, 11) is 0. The van der Waals surface area contributed by atoms with E-state index in [4.69, 9.17) is 17.0 Å². The van der Waals surface area contributed by atoms with E-state index < -0.39 is 17.2 Å². The lowest BCUT2D eigenvalue weighted by molar-refractivity contribution is 0.584. The number of rotatable bonds is 3. The van der Waals surface area contributed by atoms with Gasteiger partial charge in [-0.1, -0.05) is 17.7 Å². The largest absolute Gasteiger partial charge is 0.306 e. The summed E-state index contributed by atoms with van der Waals surface area (Å²) in [6.45, 7) is 3.32. The molecule has 1 heterocycles. The van der Waals surface area contributed by atoms with E-state index in [9.17, 15) is 13.6 Å². The Labute approximate surface area is 125 Å². The third kappa shape index (κ3) is 2.61. The van der Waals surface area contributed by atoms with E-state index >= 15 is 0 Å². The molecule has 2 rings (SSSR count). The Bertz CT molecular complexity index is 764. The lowest BCUT2D eigenvalue weighted by Crippen LogP contribution is -2.24. The molecule has 1 aromatic carbocycles. The summed E-state index contributed by atoms with van der Waals surface area (Å²) in [5.41, 5.74) is -0.534. The lowest BCUT2D eigenvalue weighted by Gasteiger charge is -2.17. The Balaban J connectivity index is 3.00. The first-order valence-electron chi connectivity index (χ1n) is 6.31. The molecule has 21 heavy (non-hydrogen) atoms. The summed E-state index contributed by atoms with van der Waals surface area (Å²) < 4.78 is 29.3. The second-order valence-corrected chi connectivity index (χ2v) is 4.93. The van der Waals surface area contributed by atoms with Gasteiger partial charge >= 0.3 is 0 Å². The molecule has 0 spiro atoms. The monoisotopic (exact) mass is 310 g/mol. The van der Waals surface area contributed by atoms with Crippen molar-refractivity contribution in [3.05, 3.63) is 56.8 Å². The maximum absolute atomic E-state index is 14.1. The minimum absolute atomic E-state index is 0.0370. The van der Waals surface area contributed by atoms with Gasteiger partial charge < -0.3 is 9.98 Å². The van der Waals surface area contributed by atoms with Crippen LogP contribution in [-0.2, 0) is 6.54 Å². The van der Waals surface area contributed by atoms with Crippen molar-refractivity contribution in [2.75, 3.05) is 0 Å². The van der Waals surface area contributed by atoms with E-state index in [1.54, 1.807) is 6.92 Å². The molecule has 0 amide bonds. The quantitative estimate of drug-likeness (QED) is 0.860. The van der Waals surface area contributed by atoms with Crippen LogP contribution < -0.4 is 5.56 Å². The lowest BCUT2D eigenvalue weighted by atomic mass is 10.0. The van der Waals surface area contributed by atoms with Crippen molar-refractivity contribution in [1.82, 2.24) is 4.57 Å². The zero-order valence-corrected chi connectivity index (χ0v) is 12.3. The molecule has 1 aromatic heterocycles. The second kappa shape index (κ2) is 5.77. The topological polar surface area (TPSA) is 45.9 Å². The van der Waals surface area contributed by atoms with Crippen molar-refractivity contribution >= 4 is 17.3 Å². The summed E-state index contributed by atoms with van der Waals surface area (Å²) in [5, 5.41) is 7.70. The summed E-state index contributed by atoms with van der Waals surface area (Å²) in [5.74, 6) is -1.58. The standard InChI is InChI=1S/C15H13ClF2N2O/c1-3-20-14(13-11(17)5-4-6-12(13)18)9(8(2)19)7-10(16)15(20)21/h4-7,19H,3H2,1-2H3. The first kappa shape index (κ1) is 15.4. The Morgan fingerprint density at radius 2 is 1.90 bits per heavy atom. The SMILES string of the molecule is CCn1c(-c2c(F)cccc2F)c(C(C)=N)cc(Cl)c1=O. The van der Waals surface area contributed by atoms with Gasteiger partial charge in [-0.15, -0.1) is 0 Å². The zero-order chi connectivity index (χ0) is 15.7. The van der Waals surface area contributed by atoms with Gasteiger partial charge in [0.25, 0.3) is 5.56 Å². The molecule has 0 aliphatic heterocycles. The van der Waals surface area contributed by atoms with Crippen molar-refractivity contribution in [3.63, 3.8) is 0 Å².